The van der Waals surface area contributed by atoms with Gasteiger partial charge in [0.1, 0.15) is 0 Å². The van der Waals surface area contributed by atoms with Crippen LogP contribution in [0.1, 0.15) is 32.3 Å². The lowest BCUT2D eigenvalue weighted by Crippen LogP contribution is -2.49. The molecular formula is C15H20ClNO2. The van der Waals surface area contributed by atoms with E-state index < -0.39 is 11.5 Å². The van der Waals surface area contributed by atoms with Crippen LogP contribution in [0.3, 0.4) is 0 Å². The molecule has 1 saturated heterocycles. The number of hydrogen-bond acceptors (Lipinski definition) is 2. The highest BCUT2D eigenvalue weighted by atomic mass is 35.5. The Kier molecular flexibility index (Phi) is 4.16. The second kappa shape index (κ2) is 5.51. The van der Waals surface area contributed by atoms with Crippen LogP contribution in [0.25, 0.3) is 0 Å². The van der Waals surface area contributed by atoms with Crippen LogP contribution in [0.4, 0.5) is 0 Å². The van der Waals surface area contributed by atoms with Crippen molar-refractivity contribution in [2.75, 3.05) is 13.1 Å². The van der Waals surface area contributed by atoms with Crippen molar-refractivity contribution in [1.29, 1.82) is 0 Å². The molecule has 0 aliphatic carbocycles. The molecular weight excluding hydrogens is 262 g/mol. The molecule has 19 heavy (non-hydrogen) atoms. The first-order valence-corrected chi connectivity index (χ1v) is 7.02. The van der Waals surface area contributed by atoms with Gasteiger partial charge in [-0.3, -0.25) is 4.79 Å². The maximum Gasteiger partial charge on any atom is 0.232 e. The third-order valence-corrected chi connectivity index (χ3v) is 4.04. The van der Waals surface area contributed by atoms with Gasteiger partial charge < -0.3 is 10.0 Å². The minimum absolute atomic E-state index is 0.0635. The number of amides is 1. The predicted molar refractivity (Wildman–Crippen MR) is 76.3 cm³/mol. The van der Waals surface area contributed by atoms with Crippen LogP contribution >= 0.6 is 11.6 Å². The van der Waals surface area contributed by atoms with Crippen molar-refractivity contribution in [3.05, 3.63) is 34.9 Å². The number of aliphatic hydroxyl groups is 1. The summed E-state index contributed by atoms with van der Waals surface area (Å²) in [5.74, 6) is 0.0635. The first kappa shape index (κ1) is 14.4. The monoisotopic (exact) mass is 281 g/mol. The number of hydrogen-bond donors (Lipinski definition) is 1. The number of piperidine rings is 1. The Morgan fingerprint density at radius 3 is 2.58 bits per heavy atom. The predicted octanol–water partition coefficient (Wildman–Crippen LogP) is 2.60. The quantitative estimate of drug-likeness (QED) is 0.905. The molecule has 3 nitrogen and oxygen atoms in total. The van der Waals surface area contributed by atoms with Crippen LogP contribution < -0.4 is 0 Å². The molecule has 1 N–H and O–H groups in total. The summed E-state index contributed by atoms with van der Waals surface area (Å²) in [4.78, 5) is 14.4. The summed E-state index contributed by atoms with van der Waals surface area (Å²) < 4.78 is 0. The summed E-state index contributed by atoms with van der Waals surface area (Å²) in [6.07, 6.45) is 1.26. The molecule has 1 aromatic carbocycles. The largest absolute Gasteiger partial charge is 0.391 e. The van der Waals surface area contributed by atoms with Crippen molar-refractivity contribution < 1.29 is 9.90 Å². The van der Waals surface area contributed by atoms with Gasteiger partial charge in [0.15, 0.2) is 0 Å². The Labute approximate surface area is 119 Å². The third-order valence-electron chi connectivity index (χ3n) is 3.78. The lowest BCUT2D eigenvalue weighted by atomic mass is 9.82. The van der Waals surface area contributed by atoms with Gasteiger partial charge in [0.2, 0.25) is 5.91 Å². The highest BCUT2D eigenvalue weighted by molar-refractivity contribution is 6.30. The van der Waals surface area contributed by atoms with Gasteiger partial charge in [-0.2, -0.15) is 0 Å². The van der Waals surface area contributed by atoms with Crippen molar-refractivity contribution in [2.24, 2.45) is 0 Å². The van der Waals surface area contributed by atoms with Crippen molar-refractivity contribution in [3.8, 4) is 0 Å². The second-order valence-corrected chi connectivity index (χ2v) is 6.12. The van der Waals surface area contributed by atoms with Gasteiger partial charge in [-0.1, -0.05) is 23.7 Å². The van der Waals surface area contributed by atoms with E-state index in [-0.39, 0.29) is 5.91 Å². The molecule has 1 amide bonds. The number of carbonyl (C=O) groups is 1. The standard InChI is InChI=1S/C15H20ClNO2/c1-15(2,11-5-7-12(16)8-6-11)14(19)17-9-3-4-13(18)10-17/h5-8,13,18H,3-4,9-10H2,1-2H3. The Hall–Kier alpha value is -1.06. The third kappa shape index (κ3) is 3.10. The molecule has 1 unspecified atom stereocenters. The Bertz CT molecular complexity index is 456. The molecule has 0 radical (unpaired) electrons. The maximum absolute atomic E-state index is 12.6. The van der Waals surface area contributed by atoms with Gasteiger partial charge in [-0.15, -0.1) is 0 Å². The van der Waals surface area contributed by atoms with Crippen molar-refractivity contribution in [1.82, 2.24) is 4.90 Å². The van der Waals surface area contributed by atoms with Crippen LogP contribution in [-0.4, -0.2) is 35.1 Å². The van der Waals surface area contributed by atoms with E-state index in [4.69, 9.17) is 11.6 Å². The fraction of sp³-hybridized carbons (Fsp3) is 0.533. The van der Waals surface area contributed by atoms with Crippen LogP contribution in [0.5, 0.6) is 0 Å². The minimum Gasteiger partial charge on any atom is -0.391 e. The van der Waals surface area contributed by atoms with Gasteiger partial charge in [0.05, 0.1) is 11.5 Å². The van der Waals surface area contributed by atoms with E-state index in [0.717, 1.165) is 24.9 Å². The molecule has 1 aliphatic heterocycles. The lowest BCUT2D eigenvalue weighted by Gasteiger charge is -2.36. The van der Waals surface area contributed by atoms with E-state index in [0.29, 0.717) is 11.6 Å². The zero-order valence-electron chi connectivity index (χ0n) is 11.4. The van der Waals surface area contributed by atoms with Gasteiger partial charge in [-0.05, 0) is 44.4 Å². The lowest BCUT2D eigenvalue weighted by molar-refractivity contribution is -0.139. The summed E-state index contributed by atoms with van der Waals surface area (Å²) in [7, 11) is 0. The topological polar surface area (TPSA) is 40.5 Å². The molecule has 0 bridgehead atoms. The molecule has 1 heterocycles. The van der Waals surface area contributed by atoms with Crippen molar-refractivity contribution in [3.63, 3.8) is 0 Å². The van der Waals surface area contributed by atoms with Gasteiger partial charge in [0.25, 0.3) is 0 Å². The molecule has 1 fully saturated rings. The average molecular weight is 282 g/mol. The van der Waals surface area contributed by atoms with E-state index in [9.17, 15) is 9.90 Å². The summed E-state index contributed by atoms with van der Waals surface area (Å²) >= 11 is 5.88. The molecule has 0 spiro atoms. The molecule has 2 rings (SSSR count). The zero-order valence-corrected chi connectivity index (χ0v) is 12.2. The Morgan fingerprint density at radius 2 is 2.00 bits per heavy atom. The summed E-state index contributed by atoms with van der Waals surface area (Å²) in [6, 6.07) is 7.38. The second-order valence-electron chi connectivity index (χ2n) is 5.68. The number of β-amino-alcohol motifs (C(OH)–C–C–N with tert-alkyl or cyclic N) is 1. The number of likely N-dealkylation sites (tertiary alicyclic amines) is 1. The molecule has 1 aromatic rings. The number of carbonyl (C=O) groups excluding carboxylic acids is 1. The van der Waals surface area contributed by atoms with E-state index >= 15 is 0 Å². The molecule has 0 aromatic heterocycles. The van der Waals surface area contributed by atoms with E-state index in [1.807, 2.05) is 26.0 Å². The molecule has 0 saturated carbocycles. The summed E-state index contributed by atoms with van der Waals surface area (Å²) in [6.45, 7) is 5.00. The fourth-order valence-electron chi connectivity index (χ4n) is 2.52. The maximum atomic E-state index is 12.6. The molecule has 1 atom stereocenters. The Morgan fingerprint density at radius 1 is 1.37 bits per heavy atom. The summed E-state index contributed by atoms with van der Waals surface area (Å²) in [5.41, 5.74) is 0.351. The molecule has 1 aliphatic rings. The van der Waals surface area contributed by atoms with Crippen LogP contribution in [-0.2, 0) is 10.2 Å². The van der Waals surface area contributed by atoms with E-state index in [2.05, 4.69) is 0 Å². The normalized spacial score (nSPS) is 20.4. The molecule has 4 heteroatoms. The number of nitrogens with zero attached hydrogens (tertiary/aromatic N) is 1. The highest BCUT2D eigenvalue weighted by Crippen LogP contribution is 2.28. The number of benzene rings is 1. The van der Waals surface area contributed by atoms with E-state index in [1.165, 1.54) is 0 Å². The first-order valence-electron chi connectivity index (χ1n) is 6.65. The van der Waals surface area contributed by atoms with Crippen molar-refractivity contribution in [2.45, 2.75) is 38.2 Å². The number of rotatable bonds is 2. The summed E-state index contributed by atoms with van der Waals surface area (Å²) in [5, 5.41) is 10.4. The number of aliphatic hydroxyl groups excluding tert-OH is 1. The van der Waals surface area contributed by atoms with Crippen molar-refractivity contribution >= 4 is 17.5 Å². The Balaban J connectivity index is 2.18. The fourth-order valence-corrected chi connectivity index (χ4v) is 2.65. The first-order chi connectivity index (χ1) is 8.91. The average Bonchev–Trinajstić information content (AvgIpc) is 2.38. The SMILES string of the molecule is CC(C)(C(=O)N1CCCC(O)C1)c1ccc(Cl)cc1. The van der Waals surface area contributed by atoms with Crippen LogP contribution in [0.2, 0.25) is 5.02 Å². The van der Waals surface area contributed by atoms with Crippen LogP contribution in [0.15, 0.2) is 24.3 Å². The van der Waals surface area contributed by atoms with Crippen LogP contribution in [0, 0.1) is 0 Å². The minimum atomic E-state index is -0.596. The van der Waals surface area contributed by atoms with Gasteiger partial charge in [0, 0.05) is 18.1 Å². The zero-order chi connectivity index (χ0) is 14.0. The number of halogens is 1. The van der Waals surface area contributed by atoms with Gasteiger partial charge >= 0.3 is 0 Å². The van der Waals surface area contributed by atoms with E-state index in [1.54, 1.807) is 17.0 Å². The molecule has 104 valence electrons. The highest BCUT2D eigenvalue weighted by Gasteiger charge is 2.35. The smallest absolute Gasteiger partial charge is 0.232 e. The van der Waals surface area contributed by atoms with Gasteiger partial charge in [-0.25, -0.2) is 0 Å².